The SMILES string of the molecule is Cc1c(Cl)cccc1NC(=O)COC(=O)Cc1ccccc1F. The maximum absolute atomic E-state index is 13.4. The highest BCUT2D eigenvalue weighted by molar-refractivity contribution is 6.31. The first-order valence-corrected chi connectivity index (χ1v) is 7.29. The lowest BCUT2D eigenvalue weighted by Crippen LogP contribution is -2.22. The van der Waals surface area contributed by atoms with Gasteiger partial charge in [-0.05, 0) is 36.2 Å². The smallest absolute Gasteiger partial charge is 0.310 e. The highest BCUT2D eigenvalue weighted by atomic mass is 35.5. The normalized spacial score (nSPS) is 10.2. The van der Waals surface area contributed by atoms with E-state index in [1.807, 2.05) is 0 Å². The van der Waals surface area contributed by atoms with Crippen molar-refractivity contribution in [3.8, 4) is 0 Å². The van der Waals surface area contributed by atoms with Crippen molar-refractivity contribution >= 4 is 29.2 Å². The van der Waals surface area contributed by atoms with Gasteiger partial charge in [-0.2, -0.15) is 0 Å². The molecule has 0 saturated heterocycles. The van der Waals surface area contributed by atoms with Crippen LogP contribution in [0.25, 0.3) is 0 Å². The molecule has 0 atom stereocenters. The van der Waals surface area contributed by atoms with E-state index < -0.39 is 24.3 Å². The van der Waals surface area contributed by atoms with E-state index in [1.54, 1.807) is 31.2 Å². The zero-order chi connectivity index (χ0) is 16.8. The second kappa shape index (κ2) is 7.74. The molecule has 4 nitrogen and oxygen atoms in total. The van der Waals surface area contributed by atoms with Crippen molar-refractivity contribution in [3.05, 3.63) is 64.4 Å². The topological polar surface area (TPSA) is 55.4 Å². The lowest BCUT2D eigenvalue weighted by atomic mass is 10.1. The van der Waals surface area contributed by atoms with E-state index in [4.69, 9.17) is 16.3 Å². The molecule has 0 heterocycles. The number of carbonyl (C=O) groups excluding carboxylic acids is 2. The summed E-state index contributed by atoms with van der Waals surface area (Å²) in [5, 5.41) is 3.13. The van der Waals surface area contributed by atoms with Gasteiger partial charge >= 0.3 is 5.97 Å². The Kier molecular flexibility index (Phi) is 5.71. The number of anilines is 1. The Bertz CT molecular complexity index is 734. The second-order valence-electron chi connectivity index (χ2n) is 4.89. The fraction of sp³-hybridized carbons (Fsp3) is 0.176. The number of hydrogen-bond donors (Lipinski definition) is 1. The Balaban J connectivity index is 1.86. The van der Waals surface area contributed by atoms with Crippen molar-refractivity contribution in [1.82, 2.24) is 0 Å². The summed E-state index contributed by atoms with van der Waals surface area (Å²) in [4.78, 5) is 23.4. The van der Waals surface area contributed by atoms with Crippen LogP contribution in [-0.2, 0) is 20.7 Å². The number of rotatable bonds is 5. The van der Waals surface area contributed by atoms with Crippen molar-refractivity contribution < 1.29 is 18.7 Å². The van der Waals surface area contributed by atoms with E-state index in [1.165, 1.54) is 18.2 Å². The number of amides is 1. The zero-order valence-corrected chi connectivity index (χ0v) is 13.2. The number of halogens is 2. The van der Waals surface area contributed by atoms with E-state index in [0.717, 1.165) is 5.56 Å². The molecular formula is C17H15ClFNO3. The van der Waals surface area contributed by atoms with E-state index in [-0.39, 0.29) is 12.0 Å². The van der Waals surface area contributed by atoms with E-state index in [9.17, 15) is 14.0 Å². The van der Waals surface area contributed by atoms with Crippen molar-refractivity contribution in [2.45, 2.75) is 13.3 Å². The summed E-state index contributed by atoms with van der Waals surface area (Å²) < 4.78 is 18.3. The molecule has 0 saturated carbocycles. The molecular weight excluding hydrogens is 321 g/mol. The summed E-state index contributed by atoms with van der Waals surface area (Å²) in [6.07, 6.45) is -0.226. The van der Waals surface area contributed by atoms with Crippen molar-refractivity contribution in [1.29, 1.82) is 0 Å². The lowest BCUT2D eigenvalue weighted by Gasteiger charge is -2.10. The minimum absolute atomic E-state index is 0.226. The first-order valence-electron chi connectivity index (χ1n) is 6.91. The van der Waals surface area contributed by atoms with Crippen LogP contribution in [0.4, 0.5) is 10.1 Å². The molecule has 0 radical (unpaired) electrons. The average molecular weight is 336 g/mol. The number of carbonyl (C=O) groups is 2. The van der Waals surface area contributed by atoms with Crippen LogP contribution in [0, 0.1) is 12.7 Å². The van der Waals surface area contributed by atoms with Gasteiger partial charge in [-0.25, -0.2) is 4.39 Å². The van der Waals surface area contributed by atoms with Gasteiger partial charge in [-0.15, -0.1) is 0 Å². The van der Waals surface area contributed by atoms with Gasteiger partial charge in [0.25, 0.3) is 5.91 Å². The van der Waals surface area contributed by atoms with E-state index in [2.05, 4.69) is 5.32 Å². The molecule has 2 rings (SSSR count). The molecule has 1 N–H and O–H groups in total. The molecule has 0 fully saturated rings. The minimum Gasteiger partial charge on any atom is -0.455 e. The van der Waals surface area contributed by atoms with Gasteiger partial charge in [0.1, 0.15) is 5.82 Å². The third-order valence-corrected chi connectivity index (χ3v) is 3.61. The first-order chi connectivity index (χ1) is 11.0. The van der Waals surface area contributed by atoms with Crippen LogP contribution >= 0.6 is 11.6 Å². The summed E-state index contributed by atoms with van der Waals surface area (Å²) >= 11 is 5.96. The number of ether oxygens (including phenoxy) is 1. The predicted octanol–water partition coefficient (Wildman–Crippen LogP) is 3.51. The summed E-state index contributed by atoms with van der Waals surface area (Å²) in [6.45, 7) is 1.32. The van der Waals surface area contributed by atoms with Gasteiger partial charge in [0.05, 0.1) is 6.42 Å². The molecule has 0 aliphatic heterocycles. The first kappa shape index (κ1) is 17.0. The molecule has 0 aliphatic carbocycles. The van der Waals surface area contributed by atoms with Gasteiger partial charge < -0.3 is 10.1 Å². The summed E-state index contributed by atoms with van der Waals surface area (Å²) in [6, 6.07) is 11.0. The average Bonchev–Trinajstić information content (AvgIpc) is 2.52. The summed E-state index contributed by atoms with van der Waals surface area (Å²) in [7, 11) is 0. The Morgan fingerprint density at radius 3 is 2.65 bits per heavy atom. The molecule has 1 amide bonds. The molecule has 0 bridgehead atoms. The minimum atomic E-state index is -0.673. The van der Waals surface area contributed by atoms with Crippen molar-refractivity contribution in [2.75, 3.05) is 11.9 Å². The molecule has 6 heteroatoms. The number of hydrogen-bond acceptors (Lipinski definition) is 3. The van der Waals surface area contributed by atoms with E-state index in [0.29, 0.717) is 10.7 Å². The molecule has 0 spiro atoms. The van der Waals surface area contributed by atoms with Crippen molar-refractivity contribution in [3.63, 3.8) is 0 Å². The van der Waals surface area contributed by atoms with Gasteiger partial charge in [-0.3, -0.25) is 9.59 Å². The van der Waals surface area contributed by atoms with Crippen LogP contribution in [0.2, 0.25) is 5.02 Å². The number of nitrogens with one attached hydrogen (secondary N) is 1. The monoisotopic (exact) mass is 335 g/mol. The third kappa shape index (κ3) is 4.79. The summed E-state index contributed by atoms with van der Waals surface area (Å²) in [5.74, 6) is -1.64. The Morgan fingerprint density at radius 2 is 1.91 bits per heavy atom. The van der Waals surface area contributed by atoms with Crippen molar-refractivity contribution in [2.24, 2.45) is 0 Å². The lowest BCUT2D eigenvalue weighted by molar-refractivity contribution is -0.146. The standard InChI is InChI=1S/C17H15ClFNO3/c1-11-13(18)6-4-8-15(11)20-16(21)10-23-17(22)9-12-5-2-3-7-14(12)19/h2-8H,9-10H2,1H3,(H,20,21). The Morgan fingerprint density at radius 1 is 1.17 bits per heavy atom. The molecule has 0 aliphatic rings. The van der Waals surface area contributed by atoms with Gasteiger partial charge in [-0.1, -0.05) is 35.9 Å². The Hall–Kier alpha value is -2.40. The largest absolute Gasteiger partial charge is 0.455 e. The summed E-state index contributed by atoms with van der Waals surface area (Å²) in [5.41, 5.74) is 1.50. The van der Waals surface area contributed by atoms with Crippen LogP contribution < -0.4 is 5.32 Å². The van der Waals surface area contributed by atoms with Crippen LogP contribution in [-0.4, -0.2) is 18.5 Å². The molecule has 120 valence electrons. The predicted molar refractivity (Wildman–Crippen MR) is 85.9 cm³/mol. The molecule has 0 unspecified atom stereocenters. The third-order valence-electron chi connectivity index (χ3n) is 3.20. The van der Waals surface area contributed by atoms with Gasteiger partial charge in [0.2, 0.25) is 0 Å². The van der Waals surface area contributed by atoms with Gasteiger partial charge in [0.15, 0.2) is 6.61 Å². The van der Waals surface area contributed by atoms with Gasteiger partial charge in [0, 0.05) is 10.7 Å². The van der Waals surface area contributed by atoms with Crippen LogP contribution in [0.1, 0.15) is 11.1 Å². The fourth-order valence-corrected chi connectivity index (χ4v) is 2.10. The zero-order valence-electron chi connectivity index (χ0n) is 12.4. The molecule has 2 aromatic carbocycles. The highest BCUT2D eigenvalue weighted by Gasteiger charge is 2.12. The maximum Gasteiger partial charge on any atom is 0.310 e. The maximum atomic E-state index is 13.4. The quantitative estimate of drug-likeness (QED) is 0.851. The van der Waals surface area contributed by atoms with Crippen LogP contribution in [0.5, 0.6) is 0 Å². The molecule has 0 aromatic heterocycles. The molecule has 2 aromatic rings. The second-order valence-corrected chi connectivity index (χ2v) is 5.30. The number of esters is 1. The van der Waals surface area contributed by atoms with E-state index >= 15 is 0 Å². The fourth-order valence-electron chi connectivity index (χ4n) is 1.92. The van der Waals surface area contributed by atoms with Crippen LogP contribution in [0.15, 0.2) is 42.5 Å². The number of benzene rings is 2. The molecule has 23 heavy (non-hydrogen) atoms. The highest BCUT2D eigenvalue weighted by Crippen LogP contribution is 2.22. The Labute approximate surface area is 138 Å². The van der Waals surface area contributed by atoms with Crippen LogP contribution in [0.3, 0.4) is 0 Å².